The number of nitrogens with two attached hydrogens (primary N) is 1. The fraction of sp³-hybridized carbons (Fsp3) is 0.556. The van der Waals surface area contributed by atoms with Gasteiger partial charge in [-0.1, -0.05) is 25.2 Å². The maximum atomic E-state index is 5.79. The maximum absolute atomic E-state index is 5.79. The van der Waals surface area contributed by atoms with Crippen LogP contribution in [0.5, 0.6) is 0 Å². The molecule has 64 valence electrons. The first-order valence-electron chi connectivity index (χ1n) is 4.04. The summed E-state index contributed by atoms with van der Waals surface area (Å²) in [4.78, 5) is 0. The smallest absolute Gasteiger partial charge is 0.0806 e. The maximum Gasteiger partial charge on any atom is 0.0806 e. The van der Waals surface area contributed by atoms with Gasteiger partial charge >= 0.3 is 0 Å². The lowest BCUT2D eigenvalue weighted by molar-refractivity contribution is 0.619. The van der Waals surface area contributed by atoms with E-state index in [9.17, 15) is 0 Å². The third kappa shape index (κ3) is 3.96. The molecule has 11 heavy (non-hydrogen) atoms. The minimum atomic E-state index is -0.0267. The van der Waals surface area contributed by atoms with Gasteiger partial charge in [-0.15, -0.1) is 0 Å². The van der Waals surface area contributed by atoms with Crippen LogP contribution in [0.2, 0.25) is 0 Å². The van der Waals surface area contributed by atoms with Crippen LogP contribution in [0.1, 0.15) is 20.8 Å². The minimum Gasteiger partial charge on any atom is -0.312 e. The highest BCUT2D eigenvalue weighted by Gasteiger charge is 2.01. The van der Waals surface area contributed by atoms with Crippen LogP contribution < -0.4 is 11.1 Å². The Labute approximate surface area is 69.2 Å². The van der Waals surface area contributed by atoms with Gasteiger partial charge in [0, 0.05) is 0 Å². The molecule has 0 aliphatic rings. The lowest BCUT2D eigenvalue weighted by atomic mass is 10.2. The molecular formula is C9H18N2. The first kappa shape index (κ1) is 10.4. The number of likely N-dealkylation sites (N-methyl/N-ethyl adjacent to an activating group) is 1. The fourth-order valence-corrected chi connectivity index (χ4v) is 0.910. The lowest BCUT2D eigenvalue weighted by Gasteiger charge is -2.12. The number of nitrogens with one attached hydrogen (secondary N) is 1. The van der Waals surface area contributed by atoms with Crippen molar-refractivity contribution in [2.24, 2.45) is 5.73 Å². The summed E-state index contributed by atoms with van der Waals surface area (Å²) in [5, 5.41) is 3.14. The molecule has 0 fully saturated rings. The van der Waals surface area contributed by atoms with Gasteiger partial charge in [0.25, 0.3) is 0 Å². The normalized spacial score (nSPS) is 15.8. The summed E-state index contributed by atoms with van der Waals surface area (Å²) in [6.45, 7) is 6.92. The van der Waals surface area contributed by atoms with Gasteiger partial charge in [0.05, 0.1) is 6.17 Å². The van der Waals surface area contributed by atoms with Crippen molar-refractivity contribution in [2.75, 3.05) is 6.54 Å². The molecule has 3 N–H and O–H groups in total. The predicted molar refractivity (Wildman–Crippen MR) is 50.2 cm³/mol. The Kier molecular flexibility index (Phi) is 5.80. The van der Waals surface area contributed by atoms with Crippen molar-refractivity contribution in [1.82, 2.24) is 5.32 Å². The van der Waals surface area contributed by atoms with Crippen LogP contribution in [0.3, 0.4) is 0 Å². The second-order valence-corrected chi connectivity index (χ2v) is 2.32. The number of hydrogen-bond acceptors (Lipinski definition) is 2. The van der Waals surface area contributed by atoms with E-state index in [1.807, 2.05) is 39.0 Å². The Hall–Kier alpha value is -0.600. The van der Waals surface area contributed by atoms with Gasteiger partial charge in [0.1, 0.15) is 0 Å². The zero-order valence-corrected chi connectivity index (χ0v) is 7.59. The third-order valence-electron chi connectivity index (χ3n) is 1.48. The standard InChI is InChI=1S/C9H18N2/c1-4-7-8(5-2)9(10)11-6-3/h4-5,7,9,11H,6,10H2,1-3H3/b7-4-,8-5+. The predicted octanol–water partition coefficient (Wildman–Crippen LogP) is 1.40. The molecule has 0 aromatic rings. The highest BCUT2D eigenvalue weighted by Crippen LogP contribution is 1.98. The number of rotatable bonds is 4. The zero-order valence-electron chi connectivity index (χ0n) is 7.59. The Balaban J connectivity index is 4.04. The summed E-state index contributed by atoms with van der Waals surface area (Å²) >= 11 is 0. The third-order valence-corrected chi connectivity index (χ3v) is 1.48. The summed E-state index contributed by atoms with van der Waals surface area (Å²) < 4.78 is 0. The molecule has 0 amide bonds. The summed E-state index contributed by atoms with van der Waals surface area (Å²) in [6, 6.07) is 0. The minimum absolute atomic E-state index is 0.0267. The average Bonchev–Trinajstić information content (AvgIpc) is 2.00. The van der Waals surface area contributed by atoms with Crippen LogP contribution in [-0.4, -0.2) is 12.7 Å². The molecule has 1 atom stereocenters. The average molecular weight is 154 g/mol. The van der Waals surface area contributed by atoms with Crippen molar-refractivity contribution in [1.29, 1.82) is 0 Å². The molecule has 0 radical (unpaired) electrons. The van der Waals surface area contributed by atoms with Gasteiger partial charge in [-0.05, 0) is 26.0 Å². The van der Waals surface area contributed by atoms with Gasteiger partial charge in [-0.3, -0.25) is 5.32 Å². The number of hydrogen-bond donors (Lipinski definition) is 2. The van der Waals surface area contributed by atoms with Gasteiger partial charge in [0.2, 0.25) is 0 Å². The van der Waals surface area contributed by atoms with E-state index < -0.39 is 0 Å². The van der Waals surface area contributed by atoms with E-state index in [1.165, 1.54) is 0 Å². The highest BCUT2D eigenvalue weighted by atomic mass is 15.0. The first-order valence-corrected chi connectivity index (χ1v) is 4.04. The molecule has 0 spiro atoms. The van der Waals surface area contributed by atoms with Crippen molar-refractivity contribution >= 4 is 0 Å². The van der Waals surface area contributed by atoms with Gasteiger partial charge in [-0.2, -0.15) is 0 Å². The zero-order chi connectivity index (χ0) is 8.69. The van der Waals surface area contributed by atoms with Crippen molar-refractivity contribution in [3.05, 3.63) is 23.8 Å². The lowest BCUT2D eigenvalue weighted by Crippen LogP contribution is -2.38. The fourth-order valence-electron chi connectivity index (χ4n) is 0.910. The van der Waals surface area contributed by atoms with Crippen molar-refractivity contribution in [3.8, 4) is 0 Å². The van der Waals surface area contributed by atoms with Crippen molar-refractivity contribution in [3.63, 3.8) is 0 Å². The molecule has 0 bridgehead atoms. The molecule has 0 saturated heterocycles. The summed E-state index contributed by atoms with van der Waals surface area (Å²) in [5.41, 5.74) is 6.93. The highest BCUT2D eigenvalue weighted by molar-refractivity contribution is 5.22. The number of allylic oxidation sites excluding steroid dienone is 2. The van der Waals surface area contributed by atoms with Crippen LogP contribution in [0.4, 0.5) is 0 Å². The Morgan fingerprint density at radius 2 is 2.18 bits per heavy atom. The van der Waals surface area contributed by atoms with E-state index in [0.29, 0.717) is 0 Å². The molecule has 0 aromatic carbocycles. The van der Waals surface area contributed by atoms with Crippen LogP contribution in [0.25, 0.3) is 0 Å². The van der Waals surface area contributed by atoms with Crippen LogP contribution in [-0.2, 0) is 0 Å². The van der Waals surface area contributed by atoms with Crippen LogP contribution in [0, 0.1) is 0 Å². The van der Waals surface area contributed by atoms with Gasteiger partial charge in [0.15, 0.2) is 0 Å². The Bertz CT molecular complexity index is 148. The molecule has 1 unspecified atom stereocenters. The summed E-state index contributed by atoms with van der Waals surface area (Å²) in [6.07, 6.45) is 6.01. The topological polar surface area (TPSA) is 38.0 Å². The second kappa shape index (κ2) is 6.13. The summed E-state index contributed by atoms with van der Waals surface area (Å²) in [7, 11) is 0. The molecule has 0 heterocycles. The second-order valence-electron chi connectivity index (χ2n) is 2.32. The molecule has 0 aliphatic heterocycles. The van der Waals surface area contributed by atoms with E-state index in [4.69, 9.17) is 5.73 Å². The monoisotopic (exact) mass is 154 g/mol. The largest absolute Gasteiger partial charge is 0.312 e. The Morgan fingerprint density at radius 1 is 1.55 bits per heavy atom. The molecule has 0 aromatic heterocycles. The molecule has 2 nitrogen and oxygen atoms in total. The molecule has 0 aliphatic carbocycles. The van der Waals surface area contributed by atoms with Crippen LogP contribution >= 0.6 is 0 Å². The Morgan fingerprint density at radius 3 is 2.55 bits per heavy atom. The van der Waals surface area contributed by atoms with Crippen LogP contribution in [0.15, 0.2) is 23.8 Å². The first-order chi connectivity index (χ1) is 5.26. The quantitative estimate of drug-likeness (QED) is 0.474. The van der Waals surface area contributed by atoms with E-state index in [2.05, 4.69) is 5.32 Å². The molecule has 0 saturated carbocycles. The summed E-state index contributed by atoms with van der Waals surface area (Å²) in [5.74, 6) is 0. The van der Waals surface area contributed by atoms with Crippen molar-refractivity contribution < 1.29 is 0 Å². The SMILES string of the molecule is C/C=C\C(=C/C)C(N)NCC. The van der Waals surface area contributed by atoms with Gasteiger partial charge < -0.3 is 5.73 Å². The molecule has 0 rings (SSSR count). The van der Waals surface area contributed by atoms with Gasteiger partial charge in [-0.25, -0.2) is 0 Å². The molecular weight excluding hydrogens is 136 g/mol. The van der Waals surface area contributed by atoms with E-state index in [0.717, 1.165) is 12.1 Å². The molecule has 2 heteroatoms. The van der Waals surface area contributed by atoms with Crippen molar-refractivity contribution in [2.45, 2.75) is 26.9 Å². The van der Waals surface area contributed by atoms with E-state index >= 15 is 0 Å². The van der Waals surface area contributed by atoms with E-state index in [-0.39, 0.29) is 6.17 Å². The van der Waals surface area contributed by atoms with E-state index in [1.54, 1.807) is 0 Å².